The second kappa shape index (κ2) is 5.92. The zero-order chi connectivity index (χ0) is 13.0. The van der Waals surface area contributed by atoms with Crippen LogP contribution in [0.4, 0.5) is 5.69 Å². The van der Waals surface area contributed by atoms with E-state index in [0.717, 1.165) is 11.3 Å². The monoisotopic (exact) mass is 254 g/mol. The number of carbonyl (C=O) groups excluding carboxylic acids is 1. The molecular weight excluding hydrogens is 236 g/mol. The van der Waals surface area contributed by atoms with E-state index in [4.69, 9.17) is 11.6 Å². The van der Waals surface area contributed by atoms with Gasteiger partial charge in [0.2, 0.25) is 5.91 Å². The predicted octanol–water partition coefficient (Wildman–Crippen LogP) is 2.97. The Balaban J connectivity index is 2.71. The van der Waals surface area contributed by atoms with Crippen molar-refractivity contribution < 1.29 is 4.79 Å². The van der Waals surface area contributed by atoms with Crippen LogP contribution in [0.25, 0.3) is 0 Å². The molecule has 0 saturated carbocycles. The summed E-state index contributed by atoms with van der Waals surface area (Å²) in [6.07, 6.45) is 0. The van der Waals surface area contributed by atoms with Crippen LogP contribution < -0.4 is 10.6 Å². The Morgan fingerprint density at radius 1 is 1.29 bits per heavy atom. The zero-order valence-corrected chi connectivity index (χ0v) is 11.4. The van der Waals surface area contributed by atoms with Crippen LogP contribution >= 0.6 is 11.6 Å². The highest BCUT2D eigenvalue weighted by atomic mass is 35.5. The summed E-state index contributed by atoms with van der Waals surface area (Å²) in [5, 5.41) is 6.72. The molecule has 0 heterocycles. The Bertz CT molecular complexity index is 404. The molecule has 94 valence electrons. The normalized spacial score (nSPS) is 12.4. The van der Waals surface area contributed by atoms with Crippen LogP contribution in [0, 0.1) is 6.92 Å². The fourth-order valence-electron chi connectivity index (χ4n) is 1.47. The molecule has 0 radical (unpaired) electrons. The fraction of sp³-hybridized carbons (Fsp3) is 0.462. The Morgan fingerprint density at radius 3 is 2.53 bits per heavy atom. The van der Waals surface area contributed by atoms with Crippen LogP contribution in [-0.2, 0) is 4.79 Å². The molecule has 0 aromatic heterocycles. The molecule has 4 heteroatoms. The van der Waals surface area contributed by atoms with Gasteiger partial charge in [-0.15, -0.1) is 0 Å². The van der Waals surface area contributed by atoms with E-state index in [0.29, 0.717) is 5.02 Å². The number of hydrogen-bond acceptors (Lipinski definition) is 2. The van der Waals surface area contributed by atoms with Crippen molar-refractivity contribution in [1.29, 1.82) is 0 Å². The van der Waals surface area contributed by atoms with Gasteiger partial charge in [0.05, 0.1) is 0 Å². The third-order valence-corrected chi connectivity index (χ3v) is 2.87. The lowest BCUT2D eigenvalue weighted by Crippen LogP contribution is -2.41. The minimum Gasteiger partial charge on any atom is -0.374 e. The molecule has 1 aromatic rings. The average Bonchev–Trinajstić information content (AvgIpc) is 2.23. The molecule has 1 aromatic carbocycles. The third kappa shape index (κ3) is 3.93. The van der Waals surface area contributed by atoms with Gasteiger partial charge >= 0.3 is 0 Å². The standard InChI is InChI=1S/C13H19ClN2O/c1-8(2)15-13(17)10(4)16-12-7-5-6-11(14)9(12)3/h5-8,10,16H,1-4H3,(H,15,17)/t10-/m0/s1. The van der Waals surface area contributed by atoms with Crippen molar-refractivity contribution in [1.82, 2.24) is 5.32 Å². The van der Waals surface area contributed by atoms with Crippen molar-refractivity contribution in [3.8, 4) is 0 Å². The Hall–Kier alpha value is -1.22. The number of hydrogen-bond donors (Lipinski definition) is 2. The lowest BCUT2D eigenvalue weighted by molar-refractivity contribution is -0.122. The van der Waals surface area contributed by atoms with Crippen LogP contribution in [0.5, 0.6) is 0 Å². The van der Waals surface area contributed by atoms with Crippen molar-refractivity contribution >= 4 is 23.2 Å². The number of nitrogens with one attached hydrogen (secondary N) is 2. The van der Waals surface area contributed by atoms with E-state index in [-0.39, 0.29) is 18.0 Å². The van der Waals surface area contributed by atoms with Crippen LogP contribution in [0.1, 0.15) is 26.3 Å². The summed E-state index contributed by atoms with van der Waals surface area (Å²) >= 11 is 6.02. The van der Waals surface area contributed by atoms with Gasteiger partial charge in [-0.1, -0.05) is 17.7 Å². The highest BCUT2D eigenvalue weighted by molar-refractivity contribution is 6.31. The highest BCUT2D eigenvalue weighted by Crippen LogP contribution is 2.23. The van der Waals surface area contributed by atoms with Crippen LogP contribution in [-0.4, -0.2) is 18.0 Å². The average molecular weight is 255 g/mol. The van der Waals surface area contributed by atoms with E-state index in [1.54, 1.807) is 0 Å². The largest absolute Gasteiger partial charge is 0.374 e. The summed E-state index contributed by atoms with van der Waals surface area (Å²) in [4.78, 5) is 11.7. The van der Waals surface area contributed by atoms with E-state index < -0.39 is 0 Å². The lowest BCUT2D eigenvalue weighted by Gasteiger charge is -2.18. The molecule has 0 aliphatic heterocycles. The first-order valence-corrected chi connectivity index (χ1v) is 6.11. The van der Waals surface area contributed by atoms with Crippen LogP contribution in [0.3, 0.4) is 0 Å². The molecule has 0 bridgehead atoms. The van der Waals surface area contributed by atoms with E-state index >= 15 is 0 Å². The SMILES string of the molecule is Cc1c(Cl)cccc1N[C@@H](C)C(=O)NC(C)C. The molecule has 0 fully saturated rings. The Labute approximate surface area is 108 Å². The molecule has 0 saturated heterocycles. The summed E-state index contributed by atoms with van der Waals surface area (Å²) in [6.45, 7) is 7.64. The molecule has 17 heavy (non-hydrogen) atoms. The summed E-state index contributed by atoms with van der Waals surface area (Å²) in [6, 6.07) is 5.48. The lowest BCUT2D eigenvalue weighted by atomic mass is 10.1. The smallest absolute Gasteiger partial charge is 0.242 e. The van der Waals surface area contributed by atoms with Crippen LogP contribution in [0.2, 0.25) is 5.02 Å². The van der Waals surface area contributed by atoms with Gasteiger partial charge in [0.1, 0.15) is 6.04 Å². The summed E-state index contributed by atoms with van der Waals surface area (Å²) < 4.78 is 0. The van der Waals surface area contributed by atoms with Crippen molar-refractivity contribution in [3.63, 3.8) is 0 Å². The van der Waals surface area contributed by atoms with Gasteiger partial charge in [0, 0.05) is 16.8 Å². The Morgan fingerprint density at radius 2 is 1.94 bits per heavy atom. The van der Waals surface area contributed by atoms with E-state index in [1.165, 1.54) is 0 Å². The fourth-order valence-corrected chi connectivity index (χ4v) is 1.65. The molecule has 0 spiro atoms. The van der Waals surface area contributed by atoms with Gasteiger partial charge in [0.15, 0.2) is 0 Å². The molecule has 1 rings (SSSR count). The minimum atomic E-state index is -0.283. The number of anilines is 1. The quantitative estimate of drug-likeness (QED) is 0.867. The van der Waals surface area contributed by atoms with E-state index in [9.17, 15) is 4.79 Å². The van der Waals surface area contributed by atoms with Gasteiger partial charge in [0.25, 0.3) is 0 Å². The first-order valence-electron chi connectivity index (χ1n) is 5.74. The maximum absolute atomic E-state index is 11.7. The van der Waals surface area contributed by atoms with Gasteiger partial charge in [-0.25, -0.2) is 0 Å². The second-order valence-electron chi connectivity index (χ2n) is 4.44. The molecule has 0 aliphatic carbocycles. The minimum absolute atomic E-state index is 0.0145. The van der Waals surface area contributed by atoms with Gasteiger partial charge in [-0.2, -0.15) is 0 Å². The number of amides is 1. The predicted molar refractivity (Wildman–Crippen MR) is 72.6 cm³/mol. The molecule has 1 amide bonds. The highest BCUT2D eigenvalue weighted by Gasteiger charge is 2.14. The Kier molecular flexibility index (Phi) is 4.82. The summed E-state index contributed by atoms with van der Waals surface area (Å²) in [5.41, 5.74) is 1.85. The van der Waals surface area contributed by atoms with Gasteiger partial charge in [-0.05, 0) is 45.4 Å². The third-order valence-electron chi connectivity index (χ3n) is 2.46. The van der Waals surface area contributed by atoms with Gasteiger partial charge < -0.3 is 10.6 Å². The first kappa shape index (κ1) is 13.8. The van der Waals surface area contributed by atoms with E-state index in [2.05, 4.69) is 10.6 Å². The van der Waals surface area contributed by atoms with Crippen molar-refractivity contribution in [2.45, 2.75) is 39.8 Å². The van der Waals surface area contributed by atoms with Crippen molar-refractivity contribution in [2.24, 2.45) is 0 Å². The topological polar surface area (TPSA) is 41.1 Å². The van der Waals surface area contributed by atoms with Crippen molar-refractivity contribution in [2.75, 3.05) is 5.32 Å². The number of rotatable bonds is 4. The second-order valence-corrected chi connectivity index (χ2v) is 4.85. The van der Waals surface area contributed by atoms with E-state index in [1.807, 2.05) is 45.9 Å². The molecule has 0 aliphatic rings. The summed E-state index contributed by atoms with van der Waals surface area (Å²) in [7, 11) is 0. The van der Waals surface area contributed by atoms with Crippen LogP contribution in [0.15, 0.2) is 18.2 Å². The summed E-state index contributed by atoms with van der Waals surface area (Å²) in [5.74, 6) is -0.0145. The number of halogens is 1. The first-order chi connectivity index (χ1) is 7.91. The molecule has 0 unspecified atom stereocenters. The molecule has 2 N–H and O–H groups in total. The van der Waals surface area contributed by atoms with Gasteiger partial charge in [-0.3, -0.25) is 4.79 Å². The number of benzene rings is 1. The molecule has 1 atom stereocenters. The maximum Gasteiger partial charge on any atom is 0.242 e. The molecular formula is C13H19ClN2O. The van der Waals surface area contributed by atoms with Crippen molar-refractivity contribution in [3.05, 3.63) is 28.8 Å². The zero-order valence-electron chi connectivity index (χ0n) is 10.7. The molecule has 3 nitrogen and oxygen atoms in total. The number of carbonyl (C=O) groups is 1. The maximum atomic E-state index is 11.7.